The van der Waals surface area contributed by atoms with Crippen molar-refractivity contribution in [3.8, 4) is 0 Å². The minimum absolute atomic E-state index is 0. The second kappa shape index (κ2) is 9.82. The van der Waals surface area contributed by atoms with Gasteiger partial charge in [-0.15, -0.1) is 24.0 Å². The fourth-order valence-electron chi connectivity index (χ4n) is 2.70. The van der Waals surface area contributed by atoms with Gasteiger partial charge in [-0.25, -0.2) is 0 Å². The zero-order valence-corrected chi connectivity index (χ0v) is 16.0. The van der Waals surface area contributed by atoms with E-state index in [0.29, 0.717) is 12.0 Å². The molecular weight excluding hydrogens is 365 g/mol. The number of hydrogen-bond acceptors (Lipinski definition) is 2. The zero-order chi connectivity index (χ0) is 14.3. The largest absolute Gasteiger partial charge is 0.377 e. The van der Waals surface area contributed by atoms with E-state index in [1.54, 1.807) is 0 Å². The van der Waals surface area contributed by atoms with E-state index >= 15 is 0 Å². The van der Waals surface area contributed by atoms with Gasteiger partial charge in [-0.2, -0.15) is 0 Å². The Bertz CT molecular complexity index is 289. The predicted molar refractivity (Wildman–Crippen MR) is 97.0 cm³/mol. The number of rotatable bonds is 4. The Morgan fingerprint density at radius 1 is 1.30 bits per heavy atom. The lowest BCUT2D eigenvalue weighted by molar-refractivity contribution is -0.0835. The number of hydrogen-bond donors (Lipinski definition) is 2. The van der Waals surface area contributed by atoms with Crippen LogP contribution in [-0.2, 0) is 4.74 Å². The summed E-state index contributed by atoms with van der Waals surface area (Å²) in [4.78, 5) is 4.25. The Kier molecular flexibility index (Phi) is 9.80. The van der Waals surface area contributed by atoms with Crippen molar-refractivity contribution in [1.29, 1.82) is 0 Å². The Labute approximate surface area is 141 Å². The van der Waals surface area contributed by atoms with Gasteiger partial charge in [0.15, 0.2) is 5.96 Å². The van der Waals surface area contributed by atoms with Crippen LogP contribution in [0.15, 0.2) is 4.99 Å². The van der Waals surface area contributed by atoms with Gasteiger partial charge in [0, 0.05) is 32.7 Å². The molecule has 1 heterocycles. The van der Waals surface area contributed by atoms with Gasteiger partial charge in [0.25, 0.3) is 0 Å². The number of aliphatic imine (C=N–C) groups is 1. The first-order valence-corrected chi connectivity index (χ1v) is 7.55. The number of nitrogens with zero attached hydrogens (tertiary/aromatic N) is 1. The van der Waals surface area contributed by atoms with Crippen molar-refractivity contribution < 1.29 is 4.74 Å². The smallest absolute Gasteiger partial charge is 0.190 e. The van der Waals surface area contributed by atoms with Gasteiger partial charge in [0.05, 0.1) is 6.10 Å². The first-order valence-electron chi connectivity index (χ1n) is 7.55. The minimum Gasteiger partial charge on any atom is -0.377 e. The van der Waals surface area contributed by atoms with E-state index in [2.05, 4.69) is 43.3 Å². The summed E-state index contributed by atoms with van der Waals surface area (Å²) in [5, 5.41) is 6.75. The number of halogens is 1. The monoisotopic (exact) mass is 397 g/mol. The third-order valence-electron chi connectivity index (χ3n) is 3.60. The molecule has 2 atom stereocenters. The quantitative estimate of drug-likeness (QED) is 0.436. The van der Waals surface area contributed by atoms with E-state index in [0.717, 1.165) is 32.1 Å². The highest BCUT2D eigenvalue weighted by Gasteiger charge is 2.35. The van der Waals surface area contributed by atoms with Crippen LogP contribution >= 0.6 is 24.0 Å². The summed E-state index contributed by atoms with van der Waals surface area (Å²) in [6.07, 6.45) is 3.84. The van der Waals surface area contributed by atoms with Crippen LogP contribution in [0.2, 0.25) is 0 Å². The van der Waals surface area contributed by atoms with Gasteiger partial charge in [0.1, 0.15) is 0 Å². The number of guanidine groups is 1. The normalized spacial score (nSPS) is 23.9. The van der Waals surface area contributed by atoms with Gasteiger partial charge >= 0.3 is 0 Å². The summed E-state index contributed by atoms with van der Waals surface area (Å²) in [5.74, 6) is 1.47. The van der Waals surface area contributed by atoms with Crippen molar-refractivity contribution in [2.45, 2.75) is 53.1 Å². The van der Waals surface area contributed by atoms with Gasteiger partial charge in [-0.05, 0) is 24.7 Å². The summed E-state index contributed by atoms with van der Waals surface area (Å²) < 4.78 is 6.00. The van der Waals surface area contributed by atoms with Gasteiger partial charge < -0.3 is 15.4 Å². The molecule has 120 valence electrons. The lowest BCUT2D eigenvalue weighted by Gasteiger charge is -2.40. The summed E-state index contributed by atoms with van der Waals surface area (Å²) in [6.45, 7) is 11.8. The van der Waals surface area contributed by atoms with E-state index < -0.39 is 0 Å². The molecule has 1 aliphatic heterocycles. The molecule has 1 rings (SSSR count). The molecule has 1 saturated heterocycles. The molecule has 1 aliphatic rings. The summed E-state index contributed by atoms with van der Waals surface area (Å²) in [7, 11) is 1.82. The van der Waals surface area contributed by atoms with Crippen LogP contribution in [0.1, 0.15) is 47.0 Å². The standard InChI is InChI=1S/C15H31N3O.HI/c1-6-9-17-14(16-5)18-11-12-8-7-10-19-13(12)15(2,3)4;/h12-13H,6-11H2,1-5H3,(H2,16,17,18);1H. The van der Waals surface area contributed by atoms with Gasteiger partial charge in [-0.1, -0.05) is 27.7 Å². The zero-order valence-electron chi connectivity index (χ0n) is 13.7. The van der Waals surface area contributed by atoms with Crippen molar-refractivity contribution in [1.82, 2.24) is 10.6 Å². The van der Waals surface area contributed by atoms with Crippen LogP contribution < -0.4 is 10.6 Å². The van der Waals surface area contributed by atoms with Crippen LogP contribution in [-0.4, -0.2) is 38.8 Å². The van der Waals surface area contributed by atoms with Gasteiger partial charge in [-0.3, -0.25) is 4.99 Å². The maximum Gasteiger partial charge on any atom is 0.190 e. The molecule has 0 radical (unpaired) electrons. The molecule has 0 saturated carbocycles. The van der Waals surface area contributed by atoms with E-state index in [-0.39, 0.29) is 29.4 Å². The third-order valence-corrected chi connectivity index (χ3v) is 3.60. The molecule has 0 bridgehead atoms. The number of nitrogens with one attached hydrogen (secondary N) is 2. The molecule has 4 nitrogen and oxygen atoms in total. The third kappa shape index (κ3) is 6.61. The van der Waals surface area contributed by atoms with E-state index in [1.807, 2.05) is 7.05 Å². The average molecular weight is 397 g/mol. The molecule has 1 fully saturated rings. The van der Waals surface area contributed by atoms with Crippen molar-refractivity contribution in [3.63, 3.8) is 0 Å². The predicted octanol–water partition coefficient (Wildman–Crippen LogP) is 3.02. The van der Waals surface area contributed by atoms with Crippen LogP contribution in [0.4, 0.5) is 0 Å². The molecule has 0 aromatic heterocycles. The lowest BCUT2D eigenvalue weighted by atomic mass is 9.78. The first kappa shape index (κ1) is 20.0. The molecule has 2 N–H and O–H groups in total. The van der Waals surface area contributed by atoms with E-state index in [1.165, 1.54) is 12.8 Å². The fraction of sp³-hybridized carbons (Fsp3) is 0.933. The highest BCUT2D eigenvalue weighted by molar-refractivity contribution is 14.0. The van der Waals surface area contributed by atoms with Crippen molar-refractivity contribution >= 4 is 29.9 Å². The van der Waals surface area contributed by atoms with Crippen LogP contribution in [0, 0.1) is 11.3 Å². The minimum atomic E-state index is 0. The first-order chi connectivity index (χ1) is 8.99. The molecule has 0 aliphatic carbocycles. The Hall–Kier alpha value is -0.0400. The van der Waals surface area contributed by atoms with Gasteiger partial charge in [0.2, 0.25) is 0 Å². The second-order valence-electron chi connectivity index (χ2n) is 6.44. The maximum absolute atomic E-state index is 6.00. The van der Waals surface area contributed by atoms with Crippen molar-refractivity contribution in [2.24, 2.45) is 16.3 Å². The summed E-state index contributed by atoms with van der Waals surface area (Å²) in [5.41, 5.74) is 0.202. The SMILES string of the molecule is CCCNC(=NC)NCC1CCCOC1C(C)(C)C.I. The van der Waals surface area contributed by atoms with Crippen molar-refractivity contribution in [2.75, 3.05) is 26.7 Å². The average Bonchev–Trinajstić information content (AvgIpc) is 2.38. The molecule has 20 heavy (non-hydrogen) atoms. The molecule has 5 heteroatoms. The summed E-state index contributed by atoms with van der Waals surface area (Å²) in [6, 6.07) is 0. The van der Waals surface area contributed by atoms with Crippen LogP contribution in [0.3, 0.4) is 0 Å². The maximum atomic E-state index is 6.00. The lowest BCUT2D eigenvalue weighted by Crippen LogP contribution is -2.47. The second-order valence-corrected chi connectivity index (χ2v) is 6.44. The van der Waals surface area contributed by atoms with E-state index in [4.69, 9.17) is 4.74 Å². The Morgan fingerprint density at radius 3 is 2.55 bits per heavy atom. The Morgan fingerprint density at radius 2 is 2.00 bits per heavy atom. The molecule has 0 aromatic carbocycles. The Balaban J connectivity index is 0.00000361. The summed E-state index contributed by atoms with van der Waals surface area (Å²) >= 11 is 0. The molecule has 0 spiro atoms. The fourth-order valence-corrected chi connectivity index (χ4v) is 2.70. The molecular formula is C15H32IN3O. The number of ether oxygens (including phenoxy) is 1. The molecule has 2 unspecified atom stereocenters. The molecule has 0 amide bonds. The van der Waals surface area contributed by atoms with E-state index in [9.17, 15) is 0 Å². The highest BCUT2D eigenvalue weighted by Crippen LogP contribution is 2.33. The molecule has 0 aromatic rings. The highest BCUT2D eigenvalue weighted by atomic mass is 127. The van der Waals surface area contributed by atoms with Crippen LogP contribution in [0.25, 0.3) is 0 Å². The van der Waals surface area contributed by atoms with Crippen molar-refractivity contribution in [3.05, 3.63) is 0 Å². The van der Waals surface area contributed by atoms with Crippen LogP contribution in [0.5, 0.6) is 0 Å². The topological polar surface area (TPSA) is 45.7 Å².